The number of rotatable bonds is 23. The van der Waals surface area contributed by atoms with Gasteiger partial charge in [0, 0.05) is 66.9 Å². The third-order valence-corrected chi connectivity index (χ3v) is 11.6. The SMILES string of the molecule is C/C(CCCCC(=O)NCCCCNc1ncnc2c1ncn2[C@@H]1O[C@H](CO)[C@@H](O)[C@H]1O)=N\OCC(=O)NCCCNC(=S)Nc1ccc(-c2c3ccc(=O)cc-3oc3cc(O)ccc23)c(C(=O)O)c1. The number of anilines is 2. The van der Waals surface area contributed by atoms with Gasteiger partial charge in [-0.3, -0.25) is 19.0 Å². The summed E-state index contributed by atoms with van der Waals surface area (Å²) in [6.45, 7) is 2.89. The third-order valence-electron chi connectivity index (χ3n) is 11.4. The number of carboxylic acid groups (broad SMARTS) is 1. The van der Waals surface area contributed by atoms with Gasteiger partial charge in [-0.1, -0.05) is 11.2 Å². The Morgan fingerprint density at radius 1 is 0.857 bits per heavy atom. The molecule has 0 spiro atoms. The average Bonchev–Trinajstić information content (AvgIpc) is 3.89. The summed E-state index contributed by atoms with van der Waals surface area (Å²) in [5, 5.41) is 70.0. The highest BCUT2D eigenvalue weighted by atomic mass is 32.1. The lowest BCUT2D eigenvalue weighted by atomic mass is 9.90. The molecule has 7 rings (SSSR count). The fourth-order valence-corrected chi connectivity index (χ4v) is 8.09. The van der Waals surface area contributed by atoms with Gasteiger partial charge in [0.25, 0.3) is 5.91 Å². The third kappa shape index (κ3) is 12.7. The smallest absolute Gasteiger partial charge is 0.336 e. The molecule has 70 heavy (non-hydrogen) atoms. The molecule has 22 nitrogen and oxygen atoms in total. The summed E-state index contributed by atoms with van der Waals surface area (Å²) in [6, 6.07) is 13.6. The van der Waals surface area contributed by atoms with Crippen LogP contribution in [0.3, 0.4) is 0 Å². The van der Waals surface area contributed by atoms with Crippen molar-refractivity contribution in [2.24, 2.45) is 5.16 Å². The van der Waals surface area contributed by atoms with Crippen molar-refractivity contribution >= 4 is 74.5 Å². The molecule has 1 fully saturated rings. The van der Waals surface area contributed by atoms with Gasteiger partial charge in [0.2, 0.25) is 5.91 Å². The minimum Gasteiger partial charge on any atom is -0.508 e. The number of carbonyl (C=O) groups excluding carboxylic acids is 2. The van der Waals surface area contributed by atoms with E-state index in [9.17, 15) is 44.7 Å². The summed E-state index contributed by atoms with van der Waals surface area (Å²) in [5.41, 5.74) is 3.37. The van der Waals surface area contributed by atoms with Crippen LogP contribution in [0, 0.1) is 0 Å². The van der Waals surface area contributed by atoms with Crippen molar-refractivity contribution in [3.8, 4) is 28.2 Å². The predicted molar refractivity (Wildman–Crippen MR) is 262 cm³/mol. The number of phenolic OH excluding ortho intramolecular Hbond substituents is 1. The molecule has 0 bridgehead atoms. The number of benzene rings is 3. The van der Waals surface area contributed by atoms with Crippen molar-refractivity contribution in [3.05, 3.63) is 83.0 Å². The van der Waals surface area contributed by atoms with Gasteiger partial charge in [-0.25, -0.2) is 19.7 Å². The standard InChI is InChI=1S/C47H54N10O12S/c1-26(7-2-3-8-37(61)48-15-4-5-16-50-43-40-44(53-24-52-43)57(25-54-40)45-42(64)41(63)36(22-58)69-45)56-67-23-38(62)49-17-6-18-51-47(70)55-27-9-12-30(33(19-27)46(65)66)39-31-13-10-28(59)20-34(31)68-35-21-29(60)11-14-32(35)39/h9-14,19-21,24-25,36,41-42,45,58-59,63-64H,2-8,15-18,22-23H2,1H3,(H,48,61)(H,49,62)(H,65,66)(H,50,52,53)(H2,51,55,70)/b56-26+/t36-,41-,42-,45-/m1/s1. The van der Waals surface area contributed by atoms with Gasteiger partial charge in [-0.05, 0) is 99.6 Å². The number of unbranched alkanes of at least 4 members (excludes halogenated alkanes) is 2. The predicted octanol–water partition coefficient (Wildman–Crippen LogP) is 3.47. The van der Waals surface area contributed by atoms with E-state index in [1.807, 2.05) is 0 Å². The zero-order chi connectivity index (χ0) is 49.7. The van der Waals surface area contributed by atoms with Crippen molar-refractivity contribution in [2.75, 3.05) is 50.0 Å². The van der Waals surface area contributed by atoms with Gasteiger partial charge >= 0.3 is 5.97 Å². The molecule has 370 valence electrons. The number of aromatic carboxylic acids is 1. The number of nitrogens with one attached hydrogen (secondary N) is 5. The molecule has 2 aromatic carbocycles. The van der Waals surface area contributed by atoms with E-state index < -0.39 is 37.1 Å². The summed E-state index contributed by atoms with van der Waals surface area (Å²) in [5.74, 6) is -0.900. The number of ether oxygens (including phenoxy) is 1. The Labute approximate surface area is 405 Å². The number of imidazole rings is 1. The van der Waals surface area contributed by atoms with E-state index >= 15 is 0 Å². The van der Waals surface area contributed by atoms with E-state index in [1.165, 1.54) is 47.6 Å². The Balaban J connectivity index is 0.731. The van der Waals surface area contributed by atoms with Crippen molar-refractivity contribution in [3.63, 3.8) is 0 Å². The number of aromatic hydroxyl groups is 1. The van der Waals surface area contributed by atoms with E-state index in [1.54, 1.807) is 31.2 Å². The number of phenols is 1. The Morgan fingerprint density at radius 2 is 1.61 bits per heavy atom. The number of thiocarbonyl (C=S) groups is 1. The van der Waals surface area contributed by atoms with E-state index in [-0.39, 0.29) is 51.6 Å². The quantitative estimate of drug-likeness (QED) is 0.0144. The number of oxime groups is 1. The number of aromatic nitrogens is 4. The number of hydrogen-bond acceptors (Lipinski definition) is 17. The number of amides is 2. The lowest BCUT2D eigenvalue weighted by molar-refractivity contribution is -0.125. The number of nitrogens with zero attached hydrogens (tertiary/aromatic N) is 5. The lowest BCUT2D eigenvalue weighted by Gasteiger charge is -2.18. The minimum atomic E-state index is -1.27. The molecular formula is C47H54N10O12S. The molecular weight excluding hydrogens is 929 g/mol. The second kappa shape index (κ2) is 23.8. The maximum Gasteiger partial charge on any atom is 0.336 e. The number of aliphatic hydroxyl groups excluding tert-OH is 3. The fraction of sp³-hybridized carbons (Fsp3) is 0.383. The Kier molecular flexibility index (Phi) is 17.2. The normalized spacial score (nSPS) is 16.9. The van der Waals surface area contributed by atoms with Crippen LogP contribution in [-0.2, 0) is 19.2 Å². The number of carbonyl (C=O) groups is 3. The molecule has 23 heteroatoms. The van der Waals surface area contributed by atoms with Crippen LogP contribution in [0.25, 0.3) is 44.6 Å². The highest BCUT2D eigenvalue weighted by Gasteiger charge is 2.44. The molecule has 1 aliphatic carbocycles. The van der Waals surface area contributed by atoms with Crippen molar-refractivity contribution < 1.29 is 53.9 Å². The van der Waals surface area contributed by atoms with Gasteiger partial charge in [0.15, 0.2) is 40.4 Å². The number of hydrogen-bond donors (Lipinski definition) is 10. The minimum absolute atomic E-state index is 0.0295. The van der Waals surface area contributed by atoms with Crippen molar-refractivity contribution in [1.29, 1.82) is 0 Å². The first-order valence-electron chi connectivity index (χ1n) is 22.7. The van der Waals surface area contributed by atoms with E-state index in [4.69, 9.17) is 26.2 Å². The molecule has 2 aromatic heterocycles. The summed E-state index contributed by atoms with van der Waals surface area (Å²) in [7, 11) is 0. The van der Waals surface area contributed by atoms with Gasteiger partial charge < -0.3 is 66.1 Å². The lowest BCUT2D eigenvalue weighted by Crippen LogP contribution is -2.33. The van der Waals surface area contributed by atoms with Crippen LogP contribution in [-0.4, -0.2) is 131 Å². The highest BCUT2D eigenvalue weighted by Crippen LogP contribution is 2.42. The summed E-state index contributed by atoms with van der Waals surface area (Å²) >= 11 is 5.43. The van der Waals surface area contributed by atoms with Gasteiger partial charge in [0.05, 0.1) is 24.2 Å². The van der Waals surface area contributed by atoms with Crippen LogP contribution in [0.5, 0.6) is 5.75 Å². The number of fused-ring (bicyclic) bond motifs is 3. The van der Waals surface area contributed by atoms with Crippen LogP contribution >= 0.6 is 12.2 Å². The average molecular weight is 983 g/mol. The summed E-state index contributed by atoms with van der Waals surface area (Å²) in [6.07, 6.45) is 2.72. The van der Waals surface area contributed by atoms with E-state index in [0.29, 0.717) is 109 Å². The molecule has 2 amide bonds. The Bertz CT molecular complexity index is 2890. The topological polar surface area (TPSA) is 317 Å². The molecule has 10 N–H and O–H groups in total. The zero-order valence-corrected chi connectivity index (χ0v) is 38.9. The van der Waals surface area contributed by atoms with Gasteiger partial charge in [-0.2, -0.15) is 0 Å². The molecule has 0 unspecified atom stereocenters. The van der Waals surface area contributed by atoms with Crippen LogP contribution in [0.1, 0.15) is 68.5 Å². The second-order valence-corrected chi connectivity index (χ2v) is 16.9. The summed E-state index contributed by atoms with van der Waals surface area (Å²) < 4.78 is 13.0. The summed E-state index contributed by atoms with van der Waals surface area (Å²) in [4.78, 5) is 67.4. The molecule has 1 saturated heterocycles. The molecule has 4 atom stereocenters. The first-order valence-corrected chi connectivity index (χ1v) is 23.1. The first-order chi connectivity index (χ1) is 33.8. The van der Waals surface area contributed by atoms with Crippen molar-refractivity contribution in [2.45, 2.75) is 76.4 Å². The molecule has 2 aliphatic heterocycles. The van der Waals surface area contributed by atoms with E-state index in [0.717, 1.165) is 12.8 Å². The van der Waals surface area contributed by atoms with Crippen LogP contribution < -0.4 is 32.0 Å². The van der Waals surface area contributed by atoms with Gasteiger partial charge in [-0.15, -0.1) is 0 Å². The Morgan fingerprint density at radius 3 is 2.41 bits per heavy atom. The van der Waals surface area contributed by atoms with Gasteiger partial charge in [0.1, 0.15) is 41.7 Å². The molecule has 3 aliphatic rings. The number of aliphatic hydroxyl groups is 3. The van der Waals surface area contributed by atoms with Crippen molar-refractivity contribution in [1.82, 2.24) is 35.5 Å². The molecule has 4 aromatic rings. The Hall–Kier alpha value is -7.31. The van der Waals surface area contributed by atoms with Crippen LogP contribution in [0.4, 0.5) is 11.5 Å². The second-order valence-electron chi connectivity index (χ2n) is 16.5. The molecule has 0 radical (unpaired) electrons. The molecule has 4 heterocycles. The highest BCUT2D eigenvalue weighted by molar-refractivity contribution is 7.80. The number of carboxylic acids is 1. The monoisotopic (exact) mass is 982 g/mol. The maximum atomic E-state index is 12.5. The van der Waals surface area contributed by atoms with Crippen LogP contribution in [0.15, 0.2) is 81.6 Å². The first kappa shape index (κ1) is 50.6. The fourth-order valence-electron chi connectivity index (χ4n) is 7.87. The van der Waals surface area contributed by atoms with E-state index in [2.05, 4.69) is 46.7 Å². The van der Waals surface area contributed by atoms with Crippen LogP contribution in [0.2, 0.25) is 0 Å². The largest absolute Gasteiger partial charge is 0.508 e. The molecule has 0 saturated carbocycles. The maximum absolute atomic E-state index is 12.5. The zero-order valence-electron chi connectivity index (χ0n) is 38.1.